The Kier molecular flexibility index (Phi) is 6.79. The number of rotatable bonds is 6. The molecule has 2 N–H and O–H groups in total. The minimum absolute atomic E-state index is 0.0386. The van der Waals surface area contributed by atoms with Gasteiger partial charge in [0.1, 0.15) is 0 Å². The van der Waals surface area contributed by atoms with Crippen LogP contribution in [-0.4, -0.2) is 29.8 Å². The maximum atomic E-state index is 12.5. The van der Waals surface area contributed by atoms with Crippen molar-refractivity contribution in [1.29, 1.82) is 0 Å². The van der Waals surface area contributed by atoms with Crippen molar-refractivity contribution < 1.29 is 9.59 Å². The molecule has 2 aromatic carbocycles. The van der Waals surface area contributed by atoms with Crippen molar-refractivity contribution >= 4 is 23.2 Å². The molecular weight excluding hydrogens is 406 g/mol. The monoisotopic (exact) mass is 433 g/mol. The molecule has 4 rings (SSSR count). The van der Waals surface area contributed by atoms with Crippen molar-refractivity contribution in [3.05, 3.63) is 93.7 Å². The summed E-state index contributed by atoms with van der Waals surface area (Å²) in [4.78, 5) is 28.5. The molecule has 1 aliphatic rings. The molecule has 5 nitrogen and oxygen atoms in total. The van der Waals surface area contributed by atoms with E-state index in [2.05, 4.69) is 51.2 Å². The second-order valence-corrected chi connectivity index (χ2v) is 8.82. The fraction of sp³-hybridized carbons (Fsp3) is 0.280. The molecule has 2 atom stereocenters. The summed E-state index contributed by atoms with van der Waals surface area (Å²) in [5.41, 5.74) is 3.69. The van der Waals surface area contributed by atoms with Gasteiger partial charge in [-0.05, 0) is 41.5 Å². The van der Waals surface area contributed by atoms with Crippen LogP contribution in [0.1, 0.15) is 40.6 Å². The first-order chi connectivity index (χ1) is 15.1. The van der Waals surface area contributed by atoms with Crippen molar-refractivity contribution in [3.8, 4) is 0 Å². The molecule has 2 unspecified atom stereocenters. The molecule has 0 spiro atoms. The van der Waals surface area contributed by atoms with Crippen molar-refractivity contribution in [3.63, 3.8) is 0 Å². The Morgan fingerprint density at radius 2 is 1.71 bits per heavy atom. The average molecular weight is 434 g/mol. The molecule has 160 valence electrons. The Morgan fingerprint density at radius 3 is 2.45 bits per heavy atom. The van der Waals surface area contributed by atoms with Crippen LogP contribution in [0.5, 0.6) is 0 Å². The predicted octanol–water partition coefficient (Wildman–Crippen LogP) is 3.84. The maximum absolute atomic E-state index is 12.5. The molecule has 0 radical (unpaired) electrons. The topological polar surface area (TPSA) is 61.4 Å². The highest BCUT2D eigenvalue weighted by atomic mass is 32.1. The van der Waals surface area contributed by atoms with Gasteiger partial charge in [-0.3, -0.25) is 14.5 Å². The smallest absolute Gasteiger partial charge is 0.309 e. The van der Waals surface area contributed by atoms with E-state index >= 15 is 0 Å². The standard InChI is InChI=1S/C25H27N3O2S/c1-18(19-8-3-2-4-9-19)27-25(30)24(29)26-16-22(23-12-7-15-31-23)28-14-13-20-10-5-6-11-21(20)17-28/h2-12,15,18,22H,13-14,16-17H2,1H3,(H,26,29)(H,27,30). The van der Waals surface area contributed by atoms with Crippen molar-refractivity contribution in [2.45, 2.75) is 32.0 Å². The van der Waals surface area contributed by atoms with Crippen LogP contribution in [0.3, 0.4) is 0 Å². The third-order valence-corrected chi connectivity index (χ3v) is 6.76. The van der Waals surface area contributed by atoms with Gasteiger partial charge in [0.2, 0.25) is 0 Å². The number of amides is 2. The minimum atomic E-state index is -0.606. The molecule has 2 heterocycles. The minimum Gasteiger partial charge on any atom is -0.346 e. The lowest BCUT2D eigenvalue weighted by molar-refractivity contribution is -0.139. The second kappa shape index (κ2) is 9.90. The van der Waals surface area contributed by atoms with Crippen LogP contribution < -0.4 is 10.6 Å². The first-order valence-electron chi connectivity index (χ1n) is 10.6. The van der Waals surface area contributed by atoms with E-state index in [1.54, 1.807) is 11.3 Å². The molecular formula is C25H27N3O2S. The molecule has 0 aliphatic carbocycles. The normalized spacial score (nSPS) is 15.5. The largest absolute Gasteiger partial charge is 0.346 e. The van der Waals surface area contributed by atoms with Crippen LogP contribution in [0, 0.1) is 0 Å². The highest BCUT2D eigenvalue weighted by molar-refractivity contribution is 7.10. The molecule has 0 saturated carbocycles. The molecule has 1 aliphatic heterocycles. The van der Waals surface area contributed by atoms with Crippen LogP contribution in [0.25, 0.3) is 0 Å². The number of hydrogen-bond acceptors (Lipinski definition) is 4. The van der Waals surface area contributed by atoms with E-state index in [0.29, 0.717) is 6.54 Å². The highest BCUT2D eigenvalue weighted by Gasteiger charge is 2.27. The summed E-state index contributed by atoms with van der Waals surface area (Å²) in [6, 6.07) is 22.1. The predicted molar refractivity (Wildman–Crippen MR) is 124 cm³/mol. The summed E-state index contributed by atoms with van der Waals surface area (Å²) in [6.45, 7) is 4.04. The van der Waals surface area contributed by atoms with Gasteiger partial charge < -0.3 is 10.6 Å². The van der Waals surface area contributed by atoms with Crippen molar-refractivity contribution in [2.24, 2.45) is 0 Å². The zero-order valence-corrected chi connectivity index (χ0v) is 18.4. The molecule has 0 saturated heterocycles. The van der Waals surface area contributed by atoms with E-state index < -0.39 is 11.8 Å². The molecule has 31 heavy (non-hydrogen) atoms. The van der Waals surface area contributed by atoms with E-state index in [4.69, 9.17) is 0 Å². The van der Waals surface area contributed by atoms with Gasteiger partial charge in [0.25, 0.3) is 0 Å². The first kappa shape index (κ1) is 21.3. The Bertz CT molecular complexity index is 1020. The highest BCUT2D eigenvalue weighted by Crippen LogP contribution is 2.30. The van der Waals surface area contributed by atoms with E-state index in [-0.39, 0.29) is 12.1 Å². The van der Waals surface area contributed by atoms with Gasteiger partial charge in [0, 0.05) is 24.5 Å². The molecule has 2 amide bonds. The third kappa shape index (κ3) is 5.21. The molecule has 6 heteroatoms. The van der Waals surface area contributed by atoms with E-state index in [9.17, 15) is 9.59 Å². The van der Waals surface area contributed by atoms with E-state index in [1.807, 2.05) is 43.3 Å². The van der Waals surface area contributed by atoms with Crippen molar-refractivity contribution in [1.82, 2.24) is 15.5 Å². The Balaban J connectivity index is 1.39. The first-order valence-corrected chi connectivity index (χ1v) is 11.5. The van der Waals surface area contributed by atoms with Crippen LogP contribution in [0.2, 0.25) is 0 Å². The van der Waals surface area contributed by atoms with Crippen molar-refractivity contribution in [2.75, 3.05) is 13.1 Å². The fourth-order valence-electron chi connectivity index (χ4n) is 4.03. The lowest BCUT2D eigenvalue weighted by atomic mass is 9.98. The maximum Gasteiger partial charge on any atom is 0.309 e. The summed E-state index contributed by atoms with van der Waals surface area (Å²) < 4.78 is 0. The number of hydrogen-bond donors (Lipinski definition) is 2. The average Bonchev–Trinajstić information content (AvgIpc) is 3.34. The van der Waals surface area contributed by atoms with E-state index in [1.165, 1.54) is 16.0 Å². The van der Waals surface area contributed by atoms with Gasteiger partial charge in [0.15, 0.2) is 0 Å². The summed E-state index contributed by atoms with van der Waals surface area (Å²) in [5, 5.41) is 7.70. The molecule has 1 aromatic heterocycles. The number of fused-ring (bicyclic) bond motifs is 1. The van der Waals surface area contributed by atoms with Gasteiger partial charge in [-0.2, -0.15) is 0 Å². The van der Waals surface area contributed by atoms with Crippen LogP contribution in [0.15, 0.2) is 72.1 Å². The molecule has 3 aromatic rings. The lowest BCUT2D eigenvalue weighted by Crippen LogP contribution is -2.45. The third-order valence-electron chi connectivity index (χ3n) is 5.78. The Morgan fingerprint density at radius 1 is 0.968 bits per heavy atom. The zero-order valence-electron chi connectivity index (χ0n) is 17.6. The zero-order chi connectivity index (χ0) is 21.6. The number of carbonyl (C=O) groups excluding carboxylic acids is 2. The second-order valence-electron chi connectivity index (χ2n) is 7.84. The summed E-state index contributed by atoms with van der Waals surface area (Å²) in [5.74, 6) is -1.20. The number of nitrogens with zero attached hydrogens (tertiary/aromatic N) is 1. The number of carbonyl (C=O) groups is 2. The summed E-state index contributed by atoms with van der Waals surface area (Å²) >= 11 is 1.68. The molecule has 0 bridgehead atoms. The quantitative estimate of drug-likeness (QED) is 0.581. The fourth-order valence-corrected chi connectivity index (χ4v) is 4.89. The van der Waals surface area contributed by atoms with Gasteiger partial charge in [-0.1, -0.05) is 60.7 Å². The van der Waals surface area contributed by atoms with E-state index in [0.717, 1.165) is 25.1 Å². The van der Waals surface area contributed by atoms with Gasteiger partial charge in [-0.15, -0.1) is 11.3 Å². The summed E-state index contributed by atoms with van der Waals surface area (Å²) in [7, 11) is 0. The van der Waals surface area contributed by atoms with Gasteiger partial charge in [-0.25, -0.2) is 0 Å². The van der Waals surface area contributed by atoms with Gasteiger partial charge in [0.05, 0.1) is 12.1 Å². The Hall–Kier alpha value is -2.96. The van der Waals surface area contributed by atoms with Gasteiger partial charge >= 0.3 is 11.8 Å². The lowest BCUT2D eigenvalue weighted by Gasteiger charge is -2.35. The number of benzene rings is 2. The number of nitrogens with one attached hydrogen (secondary N) is 2. The number of thiophene rings is 1. The van der Waals surface area contributed by atoms with Crippen LogP contribution in [-0.2, 0) is 22.6 Å². The summed E-state index contributed by atoms with van der Waals surface area (Å²) in [6.07, 6.45) is 0.987. The Labute approximate surface area is 187 Å². The molecule has 0 fully saturated rings. The van der Waals surface area contributed by atoms with Crippen LogP contribution in [0.4, 0.5) is 0 Å². The van der Waals surface area contributed by atoms with Crippen LogP contribution >= 0.6 is 11.3 Å². The SMILES string of the molecule is CC(NC(=O)C(=O)NCC(c1cccs1)N1CCc2ccccc2C1)c1ccccc1.